The molecule has 0 rings (SSSR count). The van der Waals surface area contributed by atoms with Gasteiger partial charge in [0.1, 0.15) is 6.10 Å². The van der Waals surface area contributed by atoms with Crippen LogP contribution in [0.2, 0.25) is 0 Å². The van der Waals surface area contributed by atoms with Gasteiger partial charge in [0, 0.05) is 13.7 Å². The molecular weight excluding hydrogens is 150 g/mol. The second-order valence-electron chi connectivity index (χ2n) is 1.59. The minimum Gasteiger partial charge on any atom is -0.479 e. The van der Waals surface area contributed by atoms with E-state index in [-0.39, 0.29) is 6.15 Å². The van der Waals surface area contributed by atoms with Crippen LogP contribution in [0.3, 0.4) is 0 Å². The summed E-state index contributed by atoms with van der Waals surface area (Å²) in [6, 6.07) is 0. The molecule has 0 aromatic heterocycles. The number of carboxylic acid groups (broad SMARTS) is 1. The second kappa shape index (κ2) is 12.1. The van der Waals surface area contributed by atoms with Crippen molar-refractivity contribution in [3.05, 3.63) is 0 Å². The third-order valence-electron chi connectivity index (χ3n) is 0.646. The maximum absolute atomic E-state index is 9.45. The van der Waals surface area contributed by atoms with Crippen molar-refractivity contribution < 1.29 is 19.7 Å². The monoisotopic (exact) mass is 167 g/mol. The molecule has 0 amide bonds. The molecule has 0 fully saturated rings. The Morgan fingerprint density at radius 1 is 1.64 bits per heavy atom. The molecule has 1 atom stereocenters. The smallest absolute Gasteiger partial charge is 0.332 e. The van der Waals surface area contributed by atoms with Gasteiger partial charge in [-0.15, -0.1) is 0 Å². The summed E-state index contributed by atoms with van der Waals surface area (Å²) in [5.41, 5.74) is 0. The highest BCUT2D eigenvalue weighted by atomic mass is 16.5. The molecule has 70 valence electrons. The topological polar surface area (TPSA) is 102 Å². The summed E-state index contributed by atoms with van der Waals surface area (Å²) in [5.74, 6) is -1.19. The minimum absolute atomic E-state index is 0. The van der Waals surface area contributed by atoms with E-state index in [9.17, 15) is 4.79 Å². The first-order valence-corrected chi connectivity index (χ1v) is 2.96. The normalized spacial score (nSPS) is 10.2. The molecule has 0 spiro atoms. The van der Waals surface area contributed by atoms with Crippen LogP contribution in [0.1, 0.15) is 13.8 Å². The van der Waals surface area contributed by atoms with Gasteiger partial charge >= 0.3 is 5.97 Å². The fourth-order valence-electron chi connectivity index (χ4n) is 0. The van der Waals surface area contributed by atoms with Crippen molar-refractivity contribution in [3.63, 3.8) is 0 Å². The average Bonchev–Trinajstić information content (AvgIpc) is 1.89. The van der Waals surface area contributed by atoms with Gasteiger partial charge in [-0.05, 0) is 13.8 Å². The fraction of sp³-hybridized carbons (Fsp3) is 0.833. The zero-order chi connectivity index (χ0) is 8.57. The quantitative estimate of drug-likeness (QED) is 0.547. The highest BCUT2D eigenvalue weighted by molar-refractivity contribution is 5.71. The maximum Gasteiger partial charge on any atom is 0.332 e. The van der Waals surface area contributed by atoms with Crippen molar-refractivity contribution in [2.75, 3.05) is 13.7 Å². The molecule has 0 saturated heterocycles. The van der Waals surface area contributed by atoms with Crippen molar-refractivity contribution in [3.8, 4) is 0 Å². The summed E-state index contributed by atoms with van der Waals surface area (Å²) in [6.07, 6.45) is -1.23. The van der Waals surface area contributed by atoms with Crippen LogP contribution < -0.4 is 6.15 Å². The Kier molecular flexibility index (Phi) is 18.4. The van der Waals surface area contributed by atoms with E-state index in [4.69, 9.17) is 10.2 Å². The van der Waals surface area contributed by atoms with E-state index in [0.717, 1.165) is 6.61 Å². The van der Waals surface area contributed by atoms with Gasteiger partial charge in [0.05, 0.1) is 0 Å². The molecule has 0 radical (unpaired) electrons. The predicted molar refractivity (Wildman–Crippen MR) is 41.9 cm³/mol. The molecule has 0 aliphatic rings. The third kappa shape index (κ3) is 26.7. The Morgan fingerprint density at radius 3 is 1.82 bits per heavy atom. The van der Waals surface area contributed by atoms with Crippen molar-refractivity contribution >= 4 is 5.97 Å². The molecule has 5 nitrogen and oxygen atoms in total. The van der Waals surface area contributed by atoms with Crippen LogP contribution in [-0.4, -0.2) is 36.0 Å². The van der Waals surface area contributed by atoms with Gasteiger partial charge in [-0.3, -0.25) is 0 Å². The number of carbonyl (C=O) groups is 1. The Morgan fingerprint density at radius 2 is 1.82 bits per heavy atom. The van der Waals surface area contributed by atoms with Gasteiger partial charge in [-0.25, -0.2) is 4.79 Å². The lowest BCUT2D eigenvalue weighted by molar-refractivity contribution is -0.145. The zero-order valence-corrected chi connectivity index (χ0v) is 7.20. The largest absolute Gasteiger partial charge is 0.479 e. The van der Waals surface area contributed by atoms with Crippen molar-refractivity contribution in [1.29, 1.82) is 0 Å². The van der Waals surface area contributed by atoms with Crippen molar-refractivity contribution in [1.82, 2.24) is 6.15 Å². The summed E-state index contributed by atoms with van der Waals surface area (Å²) >= 11 is 0. The molecule has 5 heteroatoms. The van der Waals surface area contributed by atoms with Crippen molar-refractivity contribution in [2.45, 2.75) is 20.0 Å². The molecule has 0 heterocycles. The van der Waals surface area contributed by atoms with E-state index in [1.807, 2.05) is 6.92 Å². The Labute approximate surface area is 66.6 Å². The number of carboxylic acids is 1. The van der Waals surface area contributed by atoms with Crippen LogP contribution in [0.25, 0.3) is 0 Å². The number of aliphatic carboxylic acids is 1. The molecule has 0 aromatic carbocycles. The third-order valence-corrected chi connectivity index (χ3v) is 0.646. The van der Waals surface area contributed by atoms with Crippen molar-refractivity contribution in [2.24, 2.45) is 0 Å². The number of aliphatic hydroxyl groups is 1. The predicted octanol–water partition coefficient (Wildman–Crippen LogP) is 0.266. The molecule has 1 unspecified atom stereocenters. The molecule has 5 N–H and O–H groups in total. The molecule has 0 aromatic rings. The minimum atomic E-state index is -1.23. The van der Waals surface area contributed by atoms with E-state index in [2.05, 4.69) is 4.74 Å². The van der Waals surface area contributed by atoms with Crippen LogP contribution in [0.15, 0.2) is 0 Å². The number of hydrogen-bond donors (Lipinski definition) is 3. The van der Waals surface area contributed by atoms with Gasteiger partial charge < -0.3 is 21.1 Å². The van der Waals surface area contributed by atoms with Gasteiger partial charge in [0.15, 0.2) is 0 Å². The lowest BCUT2D eigenvalue weighted by atomic mass is 10.4. The lowest BCUT2D eigenvalue weighted by Gasteiger charge is -1.89. The highest BCUT2D eigenvalue weighted by Gasteiger charge is 2.01. The first-order chi connectivity index (χ1) is 4.56. The number of aliphatic hydroxyl groups excluding tert-OH is 1. The van der Waals surface area contributed by atoms with E-state index >= 15 is 0 Å². The molecule has 0 saturated carbocycles. The SMILES string of the molecule is CC(O)C(=O)O.CCOC.N. The van der Waals surface area contributed by atoms with Crippen LogP contribution in [0.5, 0.6) is 0 Å². The van der Waals surface area contributed by atoms with Crippen LogP contribution in [0, 0.1) is 0 Å². The molecule has 11 heavy (non-hydrogen) atoms. The fourth-order valence-corrected chi connectivity index (χ4v) is 0. The standard InChI is InChI=1S/C3H6O3.C3H8O.H3N/c1-2(4)3(5)6;1-3-4-2;/h2,4H,1H3,(H,5,6);3H2,1-2H3;1H3. The molecule has 0 bridgehead atoms. The summed E-state index contributed by atoms with van der Waals surface area (Å²) in [7, 11) is 1.68. The second-order valence-corrected chi connectivity index (χ2v) is 1.59. The van der Waals surface area contributed by atoms with Crippen LogP contribution in [0.4, 0.5) is 0 Å². The Balaban J connectivity index is -0.000000114. The van der Waals surface area contributed by atoms with E-state index in [0.29, 0.717) is 0 Å². The average molecular weight is 167 g/mol. The van der Waals surface area contributed by atoms with E-state index < -0.39 is 12.1 Å². The highest BCUT2D eigenvalue weighted by Crippen LogP contribution is 1.73. The van der Waals surface area contributed by atoms with Gasteiger partial charge in [-0.1, -0.05) is 0 Å². The summed E-state index contributed by atoms with van der Waals surface area (Å²) < 4.78 is 4.54. The Bertz CT molecular complexity index is 82.7. The molecule has 0 aliphatic heterocycles. The molecular formula is C6H17NO4. The summed E-state index contributed by atoms with van der Waals surface area (Å²) in [6.45, 7) is 3.97. The lowest BCUT2D eigenvalue weighted by Crippen LogP contribution is -2.13. The van der Waals surface area contributed by atoms with Crippen LogP contribution in [-0.2, 0) is 9.53 Å². The van der Waals surface area contributed by atoms with Gasteiger partial charge in [-0.2, -0.15) is 0 Å². The summed E-state index contributed by atoms with van der Waals surface area (Å²) in [4.78, 5) is 9.45. The van der Waals surface area contributed by atoms with Gasteiger partial charge in [0.2, 0.25) is 0 Å². The summed E-state index contributed by atoms with van der Waals surface area (Å²) in [5, 5.41) is 15.8. The number of ether oxygens (including phenoxy) is 1. The van der Waals surface area contributed by atoms with Crippen LogP contribution >= 0.6 is 0 Å². The van der Waals surface area contributed by atoms with Gasteiger partial charge in [0.25, 0.3) is 0 Å². The molecule has 0 aliphatic carbocycles. The first-order valence-electron chi connectivity index (χ1n) is 2.96. The first kappa shape index (κ1) is 16.7. The van der Waals surface area contributed by atoms with E-state index in [1.54, 1.807) is 7.11 Å². The number of hydrogen-bond acceptors (Lipinski definition) is 4. The maximum atomic E-state index is 9.45. The zero-order valence-electron chi connectivity index (χ0n) is 7.20. The Hall–Kier alpha value is -0.650. The number of rotatable bonds is 2. The van der Waals surface area contributed by atoms with E-state index in [1.165, 1.54) is 6.92 Å². The number of methoxy groups -OCH3 is 1.